The van der Waals surface area contributed by atoms with Crippen molar-refractivity contribution >= 4 is 5.91 Å². The van der Waals surface area contributed by atoms with Crippen molar-refractivity contribution in [3.8, 4) is 0 Å². The molecule has 23 heavy (non-hydrogen) atoms. The van der Waals surface area contributed by atoms with Crippen LogP contribution in [0.3, 0.4) is 0 Å². The highest BCUT2D eigenvalue weighted by molar-refractivity contribution is 5.86. The van der Waals surface area contributed by atoms with E-state index in [1.807, 2.05) is 11.9 Å². The smallest absolute Gasteiger partial charge is 0.243 e. The van der Waals surface area contributed by atoms with Crippen LogP contribution >= 0.6 is 0 Å². The van der Waals surface area contributed by atoms with Gasteiger partial charge in [0.2, 0.25) is 5.91 Å². The monoisotopic (exact) mass is 323 g/mol. The van der Waals surface area contributed by atoms with Crippen LogP contribution in [0.25, 0.3) is 0 Å². The molecule has 0 radical (unpaired) electrons. The Morgan fingerprint density at radius 1 is 1.09 bits per heavy atom. The molecule has 5 nitrogen and oxygen atoms in total. The first-order valence-corrected chi connectivity index (χ1v) is 9.42. The second-order valence-corrected chi connectivity index (χ2v) is 7.67. The topological polar surface area (TPSA) is 36.0 Å². The van der Waals surface area contributed by atoms with Crippen molar-refractivity contribution in [1.29, 1.82) is 0 Å². The van der Waals surface area contributed by atoms with Gasteiger partial charge in [-0.2, -0.15) is 0 Å². The van der Waals surface area contributed by atoms with Crippen molar-refractivity contribution in [2.75, 3.05) is 53.5 Å². The van der Waals surface area contributed by atoms with Gasteiger partial charge in [0.15, 0.2) is 0 Å². The molecule has 0 bridgehead atoms. The van der Waals surface area contributed by atoms with Gasteiger partial charge in [-0.1, -0.05) is 19.3 Å². The number of carbonyl (C=O) groups is 1. The minimum absolute atomic E-state index is 0.244. The van der Waals surface area contributed by atoms with Gasteiger partial charge in [0.1, 0.15) is 5.54 Å². The molecule has 0 aromatic heterocycles. The summed E-state index contributed by atoms with van der Waals surface area (Å²) < 4.78 is 5.62. The van der Waals surface area contributed by atoms with Crippen LogP contribution in [0.15, 0.2) is 0 Å². The van der Waals surface area contributed by atoms with Crippen LogP contribution in [-0.4, -0.2) is 85.7 Å². The largest absolute Gasteiger partial charge is 0.379 e. The number of hydrogen-bond acceptors (Lipinski definition) is 4. The lowest BCUT2D eigenvalue weighted by atomic mass is 9.78. The highest BCUT2D eigenvalue weighted by atomic mass is 16.5. The SMILES string of the molecule is CN1CCN(C2(C(=O)N(C)C3CCCOC3)CCCCC2)CC1. The molecule has 3 rings (SSSR count). The zero-order chi connectivity index (χ0) is 16.3. The quantitative estimate of drug-likeness (QED) is 0.790. The van der Waals surface area contributed by atoms with Gasteiger partial charge in [0.25, 0.3) is 0 Å². The van der Waals surface area contributed by atoms with Gasteiger partial charge in [0, 0.05) is 39.8 Å². The molecular formula is C18H33N3O2. The van der Waals surface area contributed by atoms with Crippen molar-refractivity contribution in [3.63, 3.8) is 0 Å². The van der Waals surface area contributed by atoms with Crippen LogP contribution in [0.1, 0.15) is 44.9 Å². The van der Waals surface area contributed by atoms with Crippen molar-refractivity contribution in [2.45, 2.75) is 56.5 Å². The van der Waals surface area contributed by atoms with E-state index in [2.05, 4.69) is 16.8 Å². The molecular weight excluding hydrogens is 290 g/mol. The van der Waals surface area contributed by atoms with Crippen LogP contribution in [0.5, 0.6) is 0 Å². The normalized spacial score (nSPS) is 30.1. The predicted molar refractivity (Wildman–Crippen MR) is 91.5 cm³/mol. The Morgan fingerprint density at radius 2 is 1.78 bits per heavy atom. The average molecular weight is 323 g/mol. The number of carbonyl (C=O) groups excluding carboxylic acids is 1. The highest BCUT2D eigenvalue weighted by Crippen LogP contribution is 2.36. The van der Waals surface area contributed by atoms with E-state index >= 15 is 0 Å². The standard InChI is InChI=1S/C18H33N3O2/c1-19-10-12-21(13-11-19)18(8-4-3-5-9-18)17(22)20(2)16-7-6-14-23-15-16/h16H,3-15H2,1-2H3. The fourth-order valence-corrected chi connectivity index (χ4v) is 4.56. The maximum Gasteiger partial charge on any atom is 0.243 e. The third-order valence-corrected chi connectivity index (χ3v) is 6.19. The fourth-order valence-electron chi connectivity index (χ4n) is 4.56. The number of likely N-dealkylation sites (N-methyl/N-ethyl adjacent to an activating group) is 2. The zero-order valence-corrected chi connectivity index (χ0v) is 14.9. The summed E-state index contributed by atoms with van der Waals surface area (Å²) in [6, 6.07) is 0.266. The molecule has 1 aliphatic carbocycles. The first-order valence-electron chi connectivity index (χ1n) is 9.42. The molecule has 2 aliphatic heterocycles. The summed E-state index contributed by atoms with van der Waals surface area (Å²) in [5.74, 6) is 0.359. The fraction of sp³-hybridized carbons (Fsp3) is 0.944. The Hall–Kier alpha value is -0.650. The molecule has 1 saturated carbocycles. The molecule has 0 spiro atoms. The summed E-state index contributed by atoms with van der Waals surface area (Å²) >= 11 is 0. The van der Waals surface area contributed by atoms with Crippen molar-refractivity contribution in [2.24, 2.45) is 0 Å². The molecule has 0 N–H and O–H groups in total. The van der Waals surface area contributed by atoms with Crippen LogP contribution in [0.2, 0.25) is 0 Å². The molecule has 132 valence electrons. The molecule has 3 aliphatic rings. The number of nitrogens with zero attached hydrogens (tertiary/aromatic N) is 3. The lowest BCUT2D eigenvalue weighted by Gasteiger charge is -2.50. The van der Waals surface area contributed by atoms with Gasteiger partial charge in [0.05, 0.1) is 12.6 Å². The molecule has 5 heteroatoms. The van der Waals surface area contributed by atoms with Gasteiger partial charge >= 0.3 is 0 Å². The Kier molecular flexibility index (Phi) is 5.60. The van der Waals surface area contributed by atoms with E-state index < -0.39 is 0 Å². The number of rotatable bonds is 3. The minimum Gasteiger partial charge on any atom is -0.379 e. The van der Waals surface area contributed by atoms with Crippen molar-refractivity contribution in [3.05, 3.63) is 0 Å². The Balaban J connectivity index is 1.75. The van der Waals surface area contributed by atoms with Gasteiger partial charge in [-0.15, -0.1) is 0 Å². The summed E-state index contributed by atoms with van der Waals surface area (Å²) in [7, 11) is 4.19. The van der Waals surface area contributed by atoms with E-state index in [-0.39, 0.29) is 11.6 Å². The summed E-state index contributed by atoms with van der Waals surface area (Å²) in [4.78, 5) is 20.4. The second-order valence-electron chi connectivity index (χ2n) is 7.67. The number of ether oxygens (including phenoxy) is 1. The number of hydrogen-bond donors (Lipinski definition) is 0. The van der Waals surface area contributed by atoms with E-state index in [1.165, 1.54) is 19.3 Å². The van der Waals surface area contributed by atoms with Crippen molar-refractivity contribution < 1.29 is 9.53 Å². The maximum absolute atomic E-state index is 13.5. The lowest BCUT2D eigenvalue weighted by molar-refractivity contribution is -0.152. The number of piperazine rings is 1. The van der Waals surface area contributed by atoms with Gasteiger partial charge in [-0.25, -0.2) is 0 Å². The van der Waals surface area contributed by atoms with Crippen LogP contribution in [0, 0.1) is 0 Å². The van der Waals surface area contributed by atoms with Crippen LogP contribution in [0.4, 0.5) is 0 Å². The summed E-state index contributed by atoms with van der Waals surface area (Å²) in [5, 5.41) is 0. The third kappa shape index (κ3) is 3.57. The molecule has 2 saturated heterocycles. The lowest BCUT2D eigenvalue weighted by Crippen LogP contribution is -2.65. The Labute approximate surface area is 140 Å². The summed E-state index contributed by atoms with van der Waals surface area (Å²) in [5.41, 5.74) is -0.244. The molecule has 1 atom stereocenters. The first kappa shape index (κ1) is 17.2. The zero-order valence-electron chi connectivity index (χ0n) is 14.9. The van der Waals surface area contributed by atoms with Gasteiger partial charge in [-0.05, 0) is 32.7 Å². The second kappa shape index (κ2) is 7.49. The number of amides is 1. The maximum atomic E-state index is 13.5. The first-order chi connectivity index (χ1) is 11.1. The van der Waals surface area contributed by atoms with Crippen LogP contribution in [-0.2, 0) is 9.53 Å². The summed E-state index contributed by atoms with van der Waals surface area (Å²) in [6.07, 6.45) is 7.88. The van der Waals surface area contributed by atoms with E-state index in [9.17, 15) is 4.79 Å². The minimum atomic E-state index is -0.244. The van der Waals surface area contributed by atoms with E-state index in [1.54, 1.807) is 0 Å². The Bertz CT molecular complexity index is 395. The Morgan fingerprint density at radius 3 is 2.39 bits per heavy atom. The highest BCUT2D eigenvalue weighted by Gasteiger charge is 2.47. The molecule has 1 unspecified atom stereocenters. The van der Waals surface area contributed by atoms with E-state index in [0.29, 0.717) is 12.5 Å². The predicted octanol–water partition coefficient (Wildman–Crippen LogP) is 1.57. The van der Waals surface area contributed by atoms with Gasteiger partial charge in [-0.3, -0.25) is 9.69 Å². The van der Waals surface area contributed by atoms with Crippen LogP contribution < -0.4 is 0 Å². The van der Waals surface area contributed by atoms with E-state index in [0.717, 1.165) is 58.5 Å². The average Bonchev–Trinajstić information content (AvgIpc) is 2.62. The third-order valence-electron chi connectivity index (χ3n) is 6.19. The van der Waals surface area contributed by atoms with Gasteiger partial charge < -0.3 is 14.5 Å². The van der Waals surface area contributed by atoms with E-state index in [4.69, 9.17) is 4.74 Å². The molecule has 3 fully saturated rings. The molecule has 0 aromatic carbocycles. The van der Waals surface area contributed by atoms with Crippen molar-refractivity contribution in [1.82, 2.24) is 14.7 Å². The summed E-state index contributed by atoms with van der Waals surface area (Å²) in [6.45, 7) is 5.76. The molecule has 0 aromatic rings. The molecule has 2 heterocycles. The molecule has 1 amide bonds.